The van der Waals surface area contributed by atoms with Crippen LogP contribution in [0.1, 0.15) is 17.3 Å². The number of rotatable bonds is 5. The number of amides is 1. The number of ketones is 1. The van der Waals surface area contributed by atoms with Crippen molar-refractivity contribution in [1.29, 1.82) is 0 Å². The molecule has 134 valence electrons. The third-order valence-electron chi connectivity index (χ3n) is 4.34. The molecule has 0 unspecified atom stereocenters. The standard InChI is InChI=1S/C20H21N3O3/c1-22(2)12-13-23-17(15-10-6-7-11-21-15)16(19(25)20(23)26)18(24)14-8-4-3-5-9-14/h3-11,17,24H,12-13H2,1-2H3/b18-16+/t17-/m0/s1. The van der Waals surface area contributed by atoms with E-state index >= 15 is 0 Å². The normalized spacial score (nSPS) is 19.3. The van der Waals surface area contributed by atoms with Crippen molar-refractivity contribution in [3.8, 4) is 0 Å². The van der Waals surface area contributed by atoms with E-state index in [9.17, 15) is 14.7 Å². The summed E-state index contributed by atoms with van der Waals surface area (Å²) in [6, 6.07) is 13.4. The molecule has 0 saturated carbocycles. The van der Waals surface area contributed by atoms with E-state index in [4.69, 9.17) is 0 Å². The minimum Gasteiger partial charge on any atom is -0.507 e. The summed E-state index contributed by atoms with van der Waals surface area (Å²) >= 11 is 0. The van der Waals surface area contributed by atoms with E-state index < -0.39 is 17.7 Å². The second-order valence-electron chi connectivity index (χ2n) is 6.42. The Morgan fingerprint density at radius 1 is 1.12 bits per heavy atom. The average Bonchev–Trinajstić information content (AvgIpc) is 2.91. The number of aliphatic hydroxyl groups excluding tert-OH is 1. The summed E-state index contributed by atoms with van der Waals surface area (Å²) < 4.78 is 0. The first kappa shape index (κ1) is 17.8. The molecular weight excluding hydrogens is 330 g/mol. The SMILES string of the molecule is CN(C)CCN1C(=O)C(=O)/C(=C(/O)c2ccccc2)[C@@H]1c1ccccn1. The second kappa shape index (κ2) is 7.49. The molecule has 0 bridgehead atoms. The molecule has 2 heterocycles. The van der Waals surface area contributed by atoms with Gasteiger partial charge in [0.25, 0.3) is 11.7 Å². The highest BCUT2D eigenvalue weighted by Crippen LogP contribution is 2.38. The fourth-order valence-electron chi connectivity index (χ4n) is 3.02. The fourth-order valence-corrected chi connectivity index (χ4v) is 3.02. The number of likely N-dealkylation sites (tertiary alicyclic amines) is 1. The van der Waals surface area contributed by atoms with Gasteiger partial charge in [-0.25, -0.2) is 0 Å². The number of nitrogens with zero attached hydrogens (tertiary/aromatic N) is 3. The van der Waals surface area contributed by atoms with Gasteiger partial charge in [-0.05, 0) is 26.2 Å². The second-order valence-corrected chi connectivity index (χ2v) is 6.42. The number of carbonyl (C=O) groups excluding carboxylic acids is 2. The van der Waals surface area contributed by atoms with Gasteiger partial charge in [0.1, 0.15) is 11.8 Å². The lowest BCUT2D eigenvalue weighted by atomic mass is 9.98. The molecule has 1 N–H and O–H groups in total. The molecule has 1 fully saturated rings. The van der Waals surface area contributed by atoms with Crippen LogP contribution in [0.2, 0.25) is 0 Å². The van der Waals surface area contributed by atoms with Crippen molar-refractivity contribution >= 4 is 17.4 Å². The van der Waals surface area contributed by atoms with E-state index in [0.717, 1.165) is 0 Å². The summed E-state index contributed by atoms with van der Waals surface area (Å²) in [4.78, 5) is 33.1. The summed E-state index contributed by atoms with van der Waals surface area (Å²) in [5.41, 5.74) is 1.14. The summed E-state index contributed by atoms with van der Waals surface area (Å²) in [7, 11) is 3.80. The van der Waals surface area contributed by atoms with E-state index in [0.29, 0.717) is 24.3 Å². The maximum atomic E-state index is 12.7. The molecule has 1 atom stereocenters. The minimum atomic E-state index is -0.698. The number of carbonyl (C=O) groups is 2. The van der Waals surface area contributed by atoms with Crippen LogP contribution in [0, 0.1) is 0 Å². The van der Waals surface area contributed by atoms with Crippen LogP contribution in [0.5, 0.6) is 0 Å². The maximum Gasteiger partial charge on any atom is 0.295 e. The van der Waals surface area contributed by atoms with Gasteiger partial charge in [-0.1, -0.05) is 36.4 Å². The van der Waals surface area contributed by atoms with Gasteiger partial charge in [0.05, 0.1) is 11.3 Å². The van der Waals surface area contributed by atoms with Crippen molar-refractivity contribution in [3.63, 3.8) is 0 Å². The molecule has 6 heteroatoms. The molecule has 1 saturated heterocycles. The lowest BCUT2D eigenvalue weighted by molar-refractivity contribution is -0.140. The minimum absolute atomic E-state index is 0.0821. The van der Waals surface area contributed by atoms with Crippen molar-refractivity contribution < 1.29 is 14.7 Å². The summed E-state index contributed by atoms with van der Waals surface area (Å²) in [6.07, 6.45) is 1.61. The number of aromatic nitrogens is 1. The van der Waals surface area contributed by atoms with Gasteiger partial charge in [-0.15, -0.1) is 0 Å². The summed E-state index contributed by atoms with van der Waals surface area (Å²) in [6.45, 7) is 0.964. The van der Waals surface area contributed by atoms with Gasteiger partial charge in [-0.2, -0.15) is 0 Å². The molecule has 1 aromatic heterocycles. The Hall–Kier alpha value is -2.99. The summed E-state index contributed by atoms with van der Waals surface area (Å²) in [5, 5.41) is 10.8. The molecule has 0 aliphatic carbocycles. The van der Waals surface area contributed by atoms with Gasteiger partial charge < -0.3 is 14.9 Å². The number of hydrogen-bond donors (Lipinski definition) is 1. The van der Waals surface area contributed by atoms with Gasteiger partial charge >= 0.3 is 0 Å². The highest BCUT2D eigenvalue weighted by molar-refractivity contribution is 6.46. The highest BCUT2D eigenvalue weighted by Gasteiger charge is 2.46. The monoisotopic (exact) mass is 351 g/mol. The predicted octanol–water partition coefficient (Wildman–Crippen LogP) is 2.06. The summed E-state index contributed by atoms with van der Waals surface area (Å²) in [5.74, 6) is -1.47. The van der Waals surface area contributed by atoms with Gasteiger partial charge in [0.2, 0.25) is 0 Å². The first-order valence-electron chi connectivity index (χ1n) is 8.40. The number of likely N-dealkylation sites (N-methyl/N-ethyl adjacent to an activating group) is 1. The third-order valence-corrected chi connectivity index (χ3v) is 4.34. The van der Waals surface area contributed by atoms with Crippen LogP contribution < -0.4 is 0 Å². The predicted molar refractivity (Wildman–Crippen MR) is 98.2 cm³/mol. The zero-order valence-corrected chi connectivity index (χ0v) is 14.8. The fraction of sp³-hybridized carbons (Fsp3) is 0.250. The number of pyridine rings is 1. The Bertz CT molecular complexity index is 832. The van der Waals surface area contributed by atoms with Crippen LogP contribution in [-0.2, 0) is 9.59 Å². The van der Waals surface area contributed by atoms with Gasteiger partial charge in [-0.3, -0.25) is 14.6 Å². The Kier molecular flexibility index (Phi) is 5.14. The number of Topliss-reactive ketones (excluding diaryl/α,β-unsaturated/α-hetero) is 1. The van der Waals surface area contributed by atoms with Crippen molar-refractivity contribution in [1.82, 2.24) is 14.8 Å². The van der Waals surface area contributed by atoms with Crippen molar-refractivity contribution in [3.05, 3.63) is 71.6 Å². The Morgan fingerprint density at radius 3 is 2.42 bits per heavy atom. The van der Waals surface area contributed by atoms with Crippen LogP contribution in [0.15, 0.2) is 60.3 Å². The Morgan fingerprint density at radius 2 is 1.81 bits per heavy atom. The van der Waals surface area contributed by atoms with E-state index in [1.807, 2.05) is 25.1 Å². The van der Waals surface area contributed by atoms with Crippen LogP contribution in [0.3, 0.4) is 0 Å². The smallest absolute Gasteiger partial charge is 0.295 e. The zero-order chi connectivity index (χ0) is 18.7. The molecule has 1 amide bonds. The third kappa shape index (κ3) is 3.36. The molecule has 3 rings (SSSR count). The van der Waals surface area contributed by atoms with E-state index in [2.05, 4.69) is 4.98 Å². The highest BCUT2D eigenvalue weighted by atomic mass is 16.3. The molecule has 1 aliphatic rings. The van der Waals surface area contributed by atoms with Crippen molar-refractivity contribution in [2.75, 3.05) is 27.2 Å². The molecule has 1 aliphatic heterocycles. The molecule has 0 spiro atoms. The molecule has 1 aromatic carbocycles. The number of aliphatic hydroxyl groups is 1. The number of hydrogen-bond acceptors (Lipinski definition) is 5. The number of benzene rings is 1. The van der Waals surface area contributed by atoms with E-state index in [1.165, 1.54) is 4.90 Å². The van der Waals surface area contributed by atoms with Crippen LogP contribution in [-0.4, -0.2) is 58.8 Å². The molecular formula is C20H21N3O3. The molecule has 26 heavy (non-hydrogen) atoms. The van der Waals surface area contributed by atoms with Crippen LogP contribution >= 0.6 is 0 Å². The van der Waals surface area contributed by atoms with Crippen molar-refractivity contribution in [2.45, 2.75) is 6.04 Å². The molecule has 6 nitrogen and oxygen atoms in total. The van der Waals surface area contributed by atoms with Gasteiger partial charge in [0, 0.05) is 24.8 Å². The lowest BCUT2D eigenvalue weighted by Gasteiger charge is -2.25. The van der Waals surface area contributed by atoms with Crippen LogP contribution in [0.4, 0.5) is 0 Å². The zero-order valence-electron chi connectivity index (χ0n) is 14.8. The average molecular weight is 351 g/mol. The first-order valence-corrected chi connectivity index (χ1v) is 8.40. The van der Waals surface area contributed by atoms with E-state index in [1.54, 1.807) is 48.7 Å². The largest absolute Gasteiger partial charge is 0.507 e. The lowest BCUT2D eigenvalue weighted by Crippen LogP contribution is -2.35. The quantitative estimate of drug-likeness (QED) is 0.507. The Labute approximate surface area is 152 Å². The molecule has 2 aromatic rings. The maximum absolute atomic E-state index is 12.7. The Balaban J connectivity index is 2.12. The first-order chi connectivity index (χ1) is 12.5. The van der Waals surface area contributed by atoms with Crippen molar-refractivity contribution in [2.24, 2.45) is 0 Å². The van der Waals surface area contributed by atoms with E-state index in [-0.39, 0.29) is 11.3 Å². The molecule has 0 radical (unpaired) electrons. The topological polar surface area (TPSA) is 73.7 Å². The van der Waals surface area contributed by atoms with Gasteiger partial charge in [0.15, 0.2) is 0 Å². The van der Waals surface area contributed by atoms with Crippen LogP contribution in [0.25, 0.3) is 5.76 Å².